The lowest BCUT2D eigenvalue weighted by molar-refractivity contribution is -0.142. The second kappa shape index (κ2) is 4.49. The first kappa shape index (κ1) is 11.3. The second-order valence-electron chi connectivity index (χ2n) is 4.57. The van der Waals surface area contributed by atoms with Gasteiger partial charge in [-0.2, -0.15) is 0 Å². The van der Waals surface area contributed by atoms with E-state index >= 15 is 0 Å². The fourth-order valence-electron chi connectivity index (χ4n) is 2.57. The molecule has 0 unspecified atom stereocenters. The van der Waals surface area contributed by atoms with E-state index in [1.807, 2.05) is 18.2 Å². The number of ether oxygens (including phenoxy) is 2. The van der Waals surface area contributed by atoms with Gasteiger partial charge in [0.05, 0.1) is 5.92 Å². The molecule has 0 bridgehead atoms. The summed E-state index contributed by atoms with van der Waals surface area (Å²) in [6.45, 7) is 1.83. The van der Waals surface area contributed by atoms with Crippen LogP contribution in [-0.2, 0) is 4.79 Å². The van der Waals surface area contributed by atoms with Crippen molar-refractivity contribution in [3.63, 3.8) is 0 Å². The van der Waals surface area contributed by atoms with Crippen LogP contribution in [0.4, 0.5) is 0 Å². The van der Waals surface area contributed by atoms with E-state index in [9.17, 15) is 9.90 Å². The predicted octanol–water partition coefficient (Wildman–Crippen LogP) is 1.19. The summed E-state index contributed by atoms with van der Waals surface area (Å²) >= 11 is 0. The lowest BCUT2D eigenvalue weighted by Crippen LogP contribution is -2.23. The molecule has 18 heavy (non-hydrogen) atoms. The van der Waals surface area contributed by atoms with Crippen LogP contribution in [0.2, 0.25) is 0 Å². The molecule has 2 aliphatic heterocycles. The summed E-state index contributed by atoms with van der Waals surface area (Å²) in [6.07, 6.45) is 0.661. The smallest absolute Gasteiger partial charge is 0.308 e. The number of benzene rings is 1. The lowest BCUT2D eigenvalue weighted by Gasteiger charge is -2.22. The van der Waals surface area contributed by atoms with Crippen LogP contribution in [0.5, 0.6) is 11.5 Å². The van der Waals surface area contributed by atoms with Crippen molar-refractivity contribution in [2.24, 2.45) is 5.92 Å². The van der Waals surface area contributed by atoms with Crippen LogP contribution in [0, 0.1) is 5.92 Å². The van der Waals surface area contributed by atoms with Crippen molar-refractivity contribution >= 4 is 5.97 Å². The van der Waals surface area contributed by atoms with Crippen LogP contribution < -0.4 is 14.8 Å². The Bertz CT molecular complexity index is 474. The van der Waals surface area contributed by atoms with Gasteiger partial charge in [-0.15, -0.1) is 0 Å². The average Bonchev–Trinajstić information content (AvgIpc) is 2.87. The molecule has 2 N–H and O–H groups in total. The van der Waals surface area contributed by atoms with E-state index in [0.29, 0.717) is 25.4 Å². The van der Waals surface area contributed by atoms with Crippen LogP contribution >= 0.6 is 0 Å². The van der Waals surface area contributed by atoms with E-state index in [0.717, 1.165) is 17.9 Å². The highest BCUT2D eigenvalue weighted by atomic mass is 16.6. The summed E-state index contributed by atoms with van der Waals surface area (Å²) in [5.41, 5.74) is 0.948. The van der Waals surface area contributed by atoms with Crippen molar-refractivity contribution in [1.82, 2.24) is 5.32 Å². The van der Waals surface area contributed by atoms with Gasteiger partial charge in [-0.25, -0.2) is 0 Å². The largest absolute Gasteiger partial charge is 0.486 e. The molecular weight excluding hydrogens is 234 g/mol. The lowest BCUT2D eigenvalue weighted by atomic mass is 9.94. The Morgan fingerprint density at radius 3 is 2.83 bits per heavy atom. The first-order valence-corrected chi connectivity index (χ1v) is 6.11. The molecular formula is C13H15NO4. The highest BCUT2D eigenvalue weighted by Gasteiger charge is 2.34. The van der Waals surface area contributed by atoms with E-state index in [4.69, 9.17) is 9.47 Å². The first-order chi connectivity index (χ1) is 8.75. The van der Waals surface area contributed by atoms with Crippen molar-refractivity contribution in [2.45, 2.75) is 12.5 Å². The molecule has 0 radical (unpaired) electrons. The number of fused-ring (bicyclic) bond motifs is 1. The third-order valence-corrected chi connectivity index (χ3v) is 3.46. The molecule has 0 spiro atoms. The Labute approximate surface area is 105 Å². The molecule has 1 aromatic carbocycles. The summed E-state index contributed by atoms with van der Waals surface area (Å²) in [7, 11) is 0. The van der Waals surface area contributed by atoms with Crippen LogP contribution in [-0.4, -0.2) is 30.8 Å². The van der Waals surface area contributed by atoms with Gasteiger partial charge >= 0.3 is 5.97 Å². The van der Waals surface area contributed by atoms with Gasteiger partial charge in [-0.3, -0.25) is 4.79 Å². The first-order valence-electron chi connectivity index (χ1n) is 6.11. The number of carbonyl (C=O) groups is 1. The quantitative estimate of drug-likeness (QED) is 0.824. The predicted molar refractivity (Wildman–Crippen MR) is 63.9 cm³/mol. The van der Waals surface area contributed by atoms with Gasteiger partial charge in [0, 0.05) is 6.04 Å². The minimum absolute atomic E-state index is 0.140. The monoisotopic (exact) mass is 249 g/mol. The highest BCUT2D eigenvalue weighted by Crippen LogP contribution is 2.36. The molecule has 2 heterocycles. The van der Waals surface area contributed by atoms with Crippen LogP contribution in [0.1, 0.15) is 18.0 Å². The van der Waals surface area contributed by atoms with Crippen LogP contribution in [0.15, 0.2) is 18.2 Å². The van der Waals surface area contributed by atoms with Gasteiger partial charge in [-0.05, 0) is 30.7 Å². The van der Waals surface area contributed by atoms with Gasteiger partial charge in [0.1, 0.15) is 13.2 Å². The number of carboxylic acids is 1. The Balaban J connectivity index is 1.90. The number of rotatable bonds is 2. The third-order valence-electron chi connectivity index (χ3n) is 3.46. The Morgan fingerprint density at radius 2 is 2.06 bits per heavy atom. The number of hydrogen-bond acceptors (Lipinski definition) is 4. The average molecular weight is 249 g/mol. The SMILES string of the molecule is O=C(O)[C@H]1CCN[C@@H]1c1ccc2c(c1)OCCO2. The van der Waals surface area contributed by atoms with E-state index in [2.05, 4.69) is 5.32 Å². The van der Waals surface area contributed by atoms with Crippen molar-refractivity contribution < 1.29 is 19.4 Å². The van der Waals surface area contributed by atoms with Crippen LogP contribution in [0.3, 0.4) is 0 Å². The van der Waals surface area contributed by atoms with Crippen molar-refractivity contribution in [3.05, 3.63) is 23.8 Å². The number of hydrogen-bond donors (Lipinski definition) is 2. The molecule has 2 aliphatic rings. The summed E-state index contributed by atoms with van der Waals surface area (Å²) in [6, 6.07) is 5.50. The van der Waals surface area contributed by atoms with Gasteiger partial charge in [0.25, 0.3) is 0 Å². The molecule has 0 aromatic heterocycles. The molecule has 1 fully saturated rings. The summed E-state index contributed by atoms with van der Waals surface area (Å²) in [5.74, 6) is 0.318. The molecule has 96 valence electrons. The van der Waals surface area contributed by atoms with Crippen LogP contribution in [0.25, 0.3) is 0 Å². The van der Waals surface area contributed by atoms with Crippen molar-refractivity contribution in [2.75, 3.05) is 19.8 Å². The zero-order chi connectivity index (χ0) is 12.5. The Hall–Kier alpha value is -1.75. The molecule has 1 aromatic rings. The maximum atomic E-state index is 11.2. The molecule has 1 saturated heterocycles. The van der Waals surface area contributed by atoms with Gasteiger partial charge in [-0.1, -0.05) is 6.07 Å². The second-order valence-corrected chi connectivity index (χ2v) is 4.57. The summed E-state index contributed by atoms with van der Waals surface area (Å²) < 4.78 is 11.0. The zero-order valence-electron chi connectivity index (χ0n) is 9.89. The van der Waals surface area contributed by atoms with E-state index in [1.165, 1.54) is 0 Å². The number of aliphatic carboxylic acids is 1. The number of nitrogens with one attached hydrogen (secondary N) is 1. The fourth-order valence-corrected chi connectivity index (χ4v) is 2.57. The van der Waals surface area contributed by atoms with Gasteiger partial charge in [0.2, 0.25) is 0 Å². The van der Waals surface area contributed by atoms with Gasteiger partial charge in [0.15, 0.2) is 11.5 Å². The molecule has 2 atom stereocenters. The van der Waals surface area contributed by atoms with E-state index in [1.54, 1.807) is 0 Å². The van der Waals surface area contributed by atoms with Crippen molar-refractivity contribution in [3.8, 4) is 11.5 Å². The minimum atomic E-state index is -0.750. The standard InChI is InChI=1S/C13H15NO4/c15-13(16)9-3-4-14-12(9)8-1-2-10-11(7-8)18-6-5-17-10/h1-2,7,9,12,14H,3-6H2,(H,15,16)/t9-,12+/m0/s1. The topological polar surface area (TPSA) is 67.8 Å². The number of carboxylic acid groups (broad SMARTS) is 1. The molecule has 0 amide bonds. The third kappa shape index (κ3) is 1.90. The molecule has 0 saturated carbocycles. The molecule has 0 aliphatic carbocycles. The maximum absolute atomic E-state index is 11.2. The van der Waals surface area contributed by atoms with E-state index < -0.39 is 5.97 Å². The fraction of sp³-hybridized carbons (Fsp3) is 0.462. The minimum Gasteiger partial charge on any atom is -0.486 e. The summed E-state index contributed by atoms with van der Waals surface area (Å²) in [4.78, 5) is 11.2. The normalized spacial score (nSPS) is 26.0. The maximum Gasteiger partial charge on any atom is 0.308 e. The zero-order valence-corrected chi connectivity index (χ0v) is 9.89. The highest BCUT2D eigenvalue weighted by molar-refractivity contribution is 5.72. The molecule has 3 rings (SSSR count). The molecule has 5 nitrogen and oxygen atoms in total. The van der Waals surface area contributed by atoms with E-state index in [-0.39, 0.29) is 12.0 Å². The Morgan fingerprint density at radius 1 is 1.28 bits per heavy atom. The van der Waals surface area contributed by atoms with Crippen molar-refractivity contribution in [1.29, 1.82) is 0 Å². The Kier molecular flexibility index (Phi) is 2.83. The molecule has 5 heteroatoms. The summed E-state index contributed by atoms with van der Waals surface area (Å²) in [5, 5.41) is 12.4. The van der Waals surface area contributed by atoms with Gasteiger partial charge < -0.3 is 19.9 Å².